The van der Waals surface area contributed by atoms with Crippen molar-refractivity contribution in [2.45, 2.75) is 38.6 Å². The van der Waals surface area contributed by atoms with Crippen molar-refractivity contribution in [3.05, 3.63) is 18.2 Å². The number of ether oxygens (including phenoxy) is 2. The predicted molar refractivity (Wildman–Crippen MR) is 87.2 cm³/mol. The minimum absolute atomic E-state index is 0.0144. The third-order valence-electron chi connectivity index (χ3n) is 2.90. The van der Waals surface area contributed by atoms with Gasteiger partial charge in [0.25, 0.3) is 0 Å². The highest BCUT2D eigenvalue weighted by Crippen LogP contribution is 2.30. The summed E-state index contributed by atoms with van der Waals surface area (Å²) in [6, 6.07) is 3.48. The lowest BCUT2D eigenvalue weighted by Crippen LogP contribution is -2.44. The van der Waals surface area contributed by atoms with Crippen LogP contribution in [0.4, 0.5) is 0 Å². The summed E-state index contributed by atoms with van der Waals surface area (Å²) in [6.07, 6.45) is 0. The summed E-state index contributed by atoms with van der Waals surface area (Å²) < 4.78 is 37.9. The standard InChI is InChI=1S/C15H24N2O5S/c1-5-16-15(18)11(4)17-23(19,20)12-8-9-13(21-6-2)14(10-12)22-7-3/h8-11,17H,5-7H2,1-4H3,(H,16,18)/t11-/m0/s1. The van der Waals surface area contributed by atoms with E-state index in [9.17, 15) is 13.2 Å². The van der Waals surface area contributed by atoms with Crippen LogP contribution in [0.25, 0.3) is 0 Å². The number of carbonyl (C=O) groups is 1. The van der Waals surface area contributed by atoms with Crippen molar-refractivity contribution in [1.82, 2.24) is 10.0 Å². The zero-order valence-electron chi connectivity index (χ0n) is 13.9. The van der Waals surface area contributed by atoms with Crippen molar-refractivity contribution in [3.8, 4) is 11.5 Å². The van der Waals surface area contributed by atoms with Crippen LogP contribution in [0.2, 0.25) is 0 Å². The third kappa shape index (κ3) is 5.40. The normalized spacial score (nSPS) is 12.5. The Hall–Kier alpha value is -1.80. The van der Waals surface area contributed by atoms with Crippen LogP contribution in [0, 0.1) is 0 Å². The summed E-state index contributed by atoms with van der Waals surface area (Å²) in [5.41, 5.74) is 0. The average molecular weight is 344 g/mol. The second kappa shape index (κ2) is 8.73. The van der Waals surface area contributed by atoms with Crippen LogP contribution in [0.15, 0.2) is 23.1 Å². The minimum Gasteiger partial charge on any atom is -0.490 e. The molecule has 0 fully saturated rings. The van der Waals surface area contributed by atoms with Crippen LogP contribution >= 0.6 is 0 Å². The Morgan fingerprint density at radius 2 is 1.74 bits per heavy atom. The molecule has 2 N–H and O–H groups in total. The van der Waals surface area contributed by atoms with Crippen LogP contribution in [-0.2, 0) is 14.8 Å². The molecule has 0 bridgehead atoms. The quantitative estimate of drug-likeness (QED) is 0.704. The van der Waals surface area contributed by atoms with Crippen LogP contribution in [0.1, 0.15) is 27.7 Å². The highest BCUT2D eigenvalue weighted by molar-refractivity contribution is 7.89. The molecular formula is C15H24N2O5S. The van der Waals surface area contributed by atoms with E-state index in [1.54, 1.807) is 19.9 Å². The zero-order chi connectivity index (χ0) is 17.5. The Labute approximate surface area is 137 Å². The lowest BCUT2D eigenvalue weighted by Gasteiger charge is -2.16. The molecule has 130 valence electrons. The third-order valence-corrected chi connectivity index (χ3v) is 4.44. The van der Waals surface area contributed by atoms with Crippen LogP contribution in [0.5, 0.6) is 11.5 Å². The van der Waals surface area contributed by atoms with Gasteiger partial charge in [0.1, 0.15) is 0 Å². The van der Waals surface area contributed by atoms with Crippen molar-refractivity contribution in [3.63, 3.8) is 0 Å². The van der Waals surface area contributed by atoms with E-state index in [0.29, 0.717) is 31.3 Å². The Kier molecular flexibility index (Phi) is 7.31. The number of carbonyl (C=O) groups excluding carboxylic acids is 1. The van der Waals surface area contributed by atoms with E-state index in [0.717, 1.165) is 0 Å². The van der Waals surface area contributed by atoms with Crippen molar-refractivity contribution < 1.29 is 22.7 Å². The van der Waals surface area contributed by atoms with Gasteiger partial charge in [0.2, 0.25) is 15.9 Å². The lowest BCUT2D eigenvalue weighted by molar-refractivity contribution is -0.122. The van der Waals surface area contributed by atoms with Crippen molar-refractivity contribution in [1.29, 1.82) is 0 Å². The Balaban J connectivity index is 3.03. The molecule has 8 heteroatoms. The van der Waals surface area contributed by atoms with Gasteiger partial charge in [-0.05, 0) is 39.8 Å². The molecule has 0 aliphatic rings. The monoisotopic (exact) mass is 344 g/mol. The maximum Gasteiger partial charge on any atom is 0.241 e. The number of nitrogens with one attached hydrogen (secondary N) is 2. The summed E-state index contributed by atoms with van der Waals surface area (Å²) in [5, 5.41) is 2.57. The molecule has 1 aromatic rings. The van der Waals surface area contributed by atoms with Gasteiger partial charge in [-0.3, -0.25) is 4.79 Å². The first-order valence-electron chi connectivity index (χ1n) is 7.55. The number of sulfonamides is 1. The van der Waals surface area contributed by atoms with E-state index in [2.05, 4.69) is 10.0 Å². The fraction of sp³-hybridized carbons (Fsp3) is 0.533. The van der Waals surface area contributed by atoms with E-state index < -0.39 is 16.1 Å². The van der Waals surface area contributed by atoms with E-state index in [4.69, 9.17) is 9.47 Å². The number of benzene rings is 1. The first-order valence-corrected chi connectivity index (χ1v) is 9.03. The fourth-order valence-corrected chi connectivity index (χ4v) is 3.10. The summed E-state index contributed by atoms with van der Waals surface area (Å²) in [5.74, 6) is 0.444. The van der Waals surface area contributed by atoms with Gasteiger partial charge in [-0.15, -0.1) is 0 Å². The summed E-state index contributed by atoms with van der Waals surface area (Å²) in [6.45, 7) is 8.14. The molecule has 1 aromatic carbocycles. The second-order valence-corrected chi connectivity index (χ2v) is 6.43. The molecule has 0 unspecified atom stereocenters. The average Bonchev–Trinajstić information content (AvgIpc) is 2.49. The number of hydrogen-bond donors (Lipinski definition) is 2. The number of rotatable bonds is 9. The summed E-state index contributed by atoms with van der Waals surface area (Å²) >= 11 is 0. The van der Waals surface area contributed by atoms with Gasteiger partial charge < -0.3 is 14.8 Å². The predicted octanol–water partition coefficient (Wildman–Crippen LogP) is 1.29. The maximum atomic E-state index is 12.4. The molecular weight excluding hydrogens is 320 g/mol. The fourth-order valence-electron chi connectivity index (χ4n) is 1.88. The molecule has 0 spiro atoms. The maximum absolute atomic E-state index is 12.4. The molecule has 1 amide bonds. The van der Waals surface area contributed by atoms with Gasteiger partial charge in [-0.25, -0.2) is 8.42 Å². The molecule has 0 aromatic heterocycles. The van der Waals surface area contributed by atoms with Crippen LogP contribution in [0.3, 0.4) is 0 Å². The first kappa shape index (κ1) is 19.2. The largest absolute Gasteiger partial charge is 0.490 e. The topological polar surface area (TPSA) is 93.7 Å². The molecule has 0 aliphatic heterocycles. The number of amides is 1. The molecule has 7 nitrogen and oxygen atoms in total. The Morgan fingerprint density at radius 3 is 2.30 bits per heavy atom. The van der Waals surface area contributed by atoms with Gasteiger partial charge in [0.05, 0.1) is 24.2 Å². The van der Waals surface area contributed by atoms with Gasteiger partial charge in [-0.1, -0.05) is 0 Å². The molecule has 1 rings (SSSR count). The summed E-state index contributed by atoms with van der Waals surface area (Å²) in [4.78, 5) is 11.7. The van der Waals surface area contributed by atoms with Gasteiger partial charge in [0.15, 0.2) is 11.5 Å². The van der Waals surface area contributed by atoms with Gasteiger partial charge >= 0.3 is 0 Å². The summed E-state index contributed by atoms with van der Waals surface area (Å²) in [7, 11) is -3.84. The highest BCUT2D eigenvalue weighted by atomic mass is 32.2. The Morgan fingerprint density at radius 1 is 1.13 bits per heavy atom. The van der Waals surface area contributed by atoms with E-state index in [1.807, 2.05) is 6.92 Å². The molecule has 0 saturated heterocycles. The molecule has 1 atom stereocenters. The highest BCUT2D eigenvalue weighted by Gasteiger charge is 2.23. The van der Waals surface area contributed by atoms with Crippen molar-refractivity contribution in [2.24, 2.45) is 0 Å². The number of likely N-dealkylation sites (N-methyl/N-ethyl adjacent to an activating group) is 1. The van der Waals surface area contributed by atoms with E-state index >= 15 is 0 Å². The molecule has 0 radical (unpaired) electrons. The smallest absolute Gasteiger partial charge is 0.241 e. The second-order valence-electron chi connectivity index (χ2n) is 4.71. The molecule has 0 heterocycles. The van der Waals surface area contributed by atoms with Gasteiger partial charge in [0, 0.05) is 12.6 Å². The molecule has 23 heavy (non-hydrogen) atoms. The molecule has 0 saturated carbocycles. The van der Waals surface area contributed by atoms with E-state index in [-0.39, 0.29) is 10.8 Å². The zero-order valence-corrected chi connectivity index (χ0v) is 14.7. The number of hydrogen-bond acceptors (Lipinski definition) is 5. The molecule has 0 aliphatic carbocycles. The van der Waals surface area contributed by atoms with Gasteiger partial charge in [-0.2, -0.15) is 4.72 Å². The van der Waals surface area contributed by atoms with E-state index in [1.165, 1.54) is 19.1 Å². The van der Waals surface area contributed by atoms with Crippen LogP contribution < -0.4 is 19.5 Å². The SMILES string of the molecule is CCNC(=O)[C@H](C)NS(=O)(=O)c1ccc(OCC)c(OCC)c1. The minimum atomic E-state index is -3.84. The Bertz CT molecular complexity index is 631. The van der Waals surface area contributed by atoms with Crippen LogP contribution in [-0.4, -0.2) is 40.1 Å². The first-order chi connectivity index (χ1) is 10.9. The van der Waals surface area contributed by atoms with Crippen molar-refractivity contribution in [2.75, 3.05) is 19.8 Å². The van der Waals surface area contributed by atoms with Crippen molar-refractivity contribution >= 4 is 15.9 Å². The lowest BCUT2D eigenvalue weighted by atomic mass is 10.3.